The third-order valence-electron chi connectivity index (χ3n) is 7.10. The summed E-state index contributed by atoms with van der Waals surface area (Å²) in [6, 6.07) is 13.9. The second-order valence-electron chi connectivity index (χ2n) is 9.30. The summed E-state index contributed by atoms with van der Waals surface area (Å²) in [7, 11) is 1.99. The number of carbonyl (C=O) groups is 2. The fraction of sp³-hybridized carbons (Fsp3) is 0.214. The third-order valence-corrected chi connectivity index (χ3v) is 7.10. The van der Waals surface area contributed by atoms with Gasteiger partial charge in [0.1, 0.15) is 17.8 Å². The number of rotatable bonds is 5. The molecule has 0 saturated heterocycles. The van der Waals surface area contributed by atoms with Gasteiger partial charge >= 0.3 is 0 Å². The van der Waals surface area contributed by atoms with E-state index in [2.05, 4.69) is 37.1 Å². The Hall–Kier alpha value is -4.46. The van der Waals surface area contributed by atoms with Crippen molar-refractivity contribution in [2.24, 2.45) is 7.05 Å². The smallest absolute Gasteiger partial charge is 0.251 e. The Bertz CT molecular complexity index is 1530. The number of amides is 2. The van der Waals surface area contributed by atoms with Crippen LogP contribution in [0, 0.1) is 0 Å². The summed E-state index contributed by atoms with van der Waals surface area (Å²) in [4.78, 5) is 33.7. The number of hydrogen-bond acceptors (Lipinski definition) is 5. The molecule has 4 aromatic rings. The number of aromatic nitrogens is 3. The van der Waals surface area contributed by atoms with E-state index in [1.165, 1.54) is 12.5 Å². The molecule has 0 radical (unpaired) electrons. The van der Waals surface area contributed by atoms with Crippen LogP contribution in [0.1, 0.15) is 35.2 Å². The SMILES string of the molecule is C=CC(=O)Nc1ccc(-c2c3c4c(ncnc4n2C)NCc2cc(C(=O)NC4CCC4)ccc2-3)cc1. The van der Waals surface area contributed by atoms with Gasteiger partial charge in [-0.1, -0.05) is 24.8 Å². The minimum atomic E-state index is -0.254. The molecule has 1 saturated carbocycles. The summed E-state index contributed by atoms with van der Waals surface area (Å²) >= 11 is 0. The maximum Gasteiger partial charge on any atom is 0.251 e. The second kappa shape index (κ2) is 8.64. The van der Waals surface area contributed by atoms with Crippen LogP contribution >= 0.6 is 0 Å². The Balaban J connectivity index is 1.47. The first-order chi connectivity index (χ1) is 17.5. The summed E-state index contributed by atoms with van der Waals surface area (Å²) in [5.74, 6) is 0.485. The van der Waals surface area contributed by atoms with Crippen LogP contribution in [0.25, 0.3) is 33.4 Å². The highest BCUT2D eigenvalue weighted by molar-refractivity contribution is 6.10. The van der Waals surface area contributed by atoms with Crippen molar-refractivity contribution in [2.45, 2.75) is 31.8 Å². The van der Waals surface area contributed by atoms with E-state index in [1.807, 2.05) is 49.5 Å². The number of benzene rings is 2. The largest absolute Gasteiger partial charge is 0.365 e. The molecule has 2 amide bonds. The Morgan fingerprint density at radius 3 is 2.67 bits per heavy atom. The lowest BCUT2D eigenvalue weighted by Gasteiger charge is -2.26. The van der Waals surface area contributed by atoms with Crippen LogP contribution < -0.4 is 16.0 Å². The molecule has 180 valence electrons. The molecule has 1 aliphatic carbocycles. The van der Waals surface area contributed by atoms with Crippen molar-refractivity contribution in [3.8, 4) is 22.4 Å². The summed E-state index contributed by atoms with van der Waals surface area (Å²) < 4.78 is 2.07. The predicted octanol–water partition coefficient (Wildman–Crippen LogP) is 4.63. The van der Waals surface area contributed by atoms with Gasteiger partial charge in [-0.3, -0.25) is 9.59 Å². The molecule has 1 aliphatic heterocycles. The highest BCUT2D eigenvalue weighted by Gasteiger charge is 2.27. The van der Waals surface area contributed by atoms with Gasteiger partial charge in [0.25, 0.3) is 5.91 Å². The van der Waals surface area contributed by atoms with Crippen molar-refractivity contribution in [1.82, 2.24) is 19.9 Å². The van der Waals surface area contributed by atoms with E-state index in [1.54, 1.807) is 6.33 Å². The Labute approximate surface area is 208 Å². The minimum absolute atomic E-state index is 0.0281. The van der Waals surface area contributed by atoms with E-state index in [0.29, 0.717) is 17.8 Å². The molecule has 1 fully saturated rings. The summed E-state index contributed by atoms with van der Waals surface area (Å²) in [6.45, 7) is 4.06. The predicted molar refractivity (Wildman–Crippen MR) is 141 cm³/mol. The molecule has 3 heterocycles. The first kappa shape index (κ1) is 22.0. The van der Waals surface area contributed by atoms with Crippen LogP contribution in [-0.2, 0) is 18.4 Å². The summed E-state index contributed by atoms with van der Waals surface area (Å²) in [6.07, 6.45) is 6.09. The molecule has 8 nitrogen and oxygen atoms in total. The maximum absolute atomic E-state index is 12.9. The van der Waals surface area contributed by atoms with E-state index in [0.717, 1.165) is 57.6 Å². The Morgan fingerprint density at radius 1 is 1.14 bits per heavy atom. The lowest BCUT2D eigenvalue weighted by Crippen LogP contribution is -2.39. The van der Waals surface area contributed by atoms with Crippen molar-refractivity contribution in [3.05, 3.63) is 72.6 Å². The van der Waals surface area contributed by atoms with Crippen LogP contribution in [0.15, 0.2) is 61.4 Å². The van der Waals surface area contributed by atoms with Crippen molar-refractivity contribution >= 4 is 34.4 Å². The normalized spacial score (nSPS) is 14.2. The van der Waals surface area contributed by atoms with Crippen LogP contribution in [-0.4, -0.2) is 32.4 Å². The van der Waals surface area contributed by atoms with Crippen LogP contribution in [0.4, 0.5) is 11.5 Å². The van der Waals surface area contributed by atoms with E-state index < -0.39 is 0 Å². The van der Waals surface area contributed by atoms with Gasteiger partial charge in [-0.05, 0) is 66.3 Å². The van der Waals surface area contributed by atoms with E-state index in [9.17, 15) is 9.59 Å². The zero-order valence-electron chi connectivity index (χ0n) is 20.0. The highest BCUT2D eigenvalue weighted by Crippen LogP contribution is 2.45. The summed E-state index contributed by atoms with van der Waals surface area (Å²) in [5.41, 5.74) is 7.24. The van der Waals surface area contributed by atoms with Gasteiger partial charge in [0.2, 0.25) is 5.91 Å². The van der Waals surface area contributed by atoms with Crippen LogP contribution in [0.5, 0.6) is 0 Å². The van der Waals surface area contributed by atoms with Gasteiger partial charge < -0.3 is 20.5 Å². The minimum Gasteiger partial charge on any atom is -0.365 e. The molecule has 0 unspecified atom stereocenters. The Kier molecular flexibility index (Phi) is 5.29. The number of anilines is 2. The number of fused-ring (bicyclic) bond motifs is 2. The molecule has 2 aromatic heterocycles. The third kappa shape index (κ3) is 3.62. The topological polar surface area (TPSA) is 101 Å². The molecular formula is C28H26N6O2. The lowest BCUT2D eigenvalue weighted by atomic mass is 9.92. The average molecular weight is 479 g/mol. The average Bonchev–Trinajstić information content (AvgIpc) is 3.07. The van der Waals surface area contributed by atoms with Gasteiger partial charge in [-0.25, -0.2) is 9.97 Å². The van der Waals surface area contributed by atoms with Gasteiger partial charge in [-0.2, -0.15) is 0 Å². The summed E-state index contributed by atoms with van der Waals surface area (Å²) in [5, 5.41) is 10.3. The molecule has 6 rings (SSSR count). The van der Waals surface area contributed by atoms with Gasteiger partial charge in [-0.15, -0.1) is 0 Å². The van der Waals surface area contributed by atoms with Gasteiger partial charge in [0, 0.05) is 36.4 Å². The fourth-order valence-electron chi connectivity index (χ4n) is 5.02. The first-order valence-corrected chi connectivity index (χ1v) is 12.1. The van der Waals surface area contributed by atoms with Crippen molar-refractivity contribution in [2.75, 3.05) is 10.6 Å². The molecule has 2 aromatic carbocycles. The molecular weight excluding hydrogens is 452 g/mol. The fourth-order valence-corrected chi connectivity index (χ4v) is 5.02. The maximum atomic E-state index is 12.9. The quantitative estimate of drug-likeness (QED) is 0.363. The molecule has 8 heteroatoms. The van der Waals surface area contributed by atoms with Crippen LogP contribution in [0.3, 0.4) is 0 Å². The molecule has 36 heavy (non-hydrogen) atoms. The Morgan fingerprint density at radius 2 is 1.94 bits per heavy atom. The number of nitrogens with one attached hydrogen (secondary N) is 3. The lowest BCUT2D eigenvalue weighted by molar-refractivity contribution is -0.111. The van der Waals surface area contributed by atoms with Crippen molar-refractivity contribution < 1.29 is 9.59 Å². The van der Waals surface area contributed by atoms with E-state index >= 15 is 0 Å². The second-order valence-corrected chi connectivity index (χ2v) is 9.30. The molecule has 0 atom stereocenters. The molecule has 0 bridgehead atoms. The number of aryl methyl sites for hydroxylation is 1. The molecule has 0 spiro atoms. The van der Waals surface area contributed by atoms with Crippen LogP contribution in [0.2, 0.25) is 0 Å². The number of hydrogen-bond donors (Lipinski definition) is 3. The zero-order valence-corrected chi connectivity index (χ0v) is 20.0. The molecule has 2 aliphatic rings. The highest BCUT2D eigenvalue weighted by atomic mass is 16.2. The van der Waals surface area contributed by atoms with Crippen molar-refractivity contribution in [3.63, 3.8) is 0 Å². The zero-order chi connectivity index (χ0) is 24.8. The van der Waals surface area contributed by atoms with Gasteiger partial charge in [0.05, 0.1) is 11.1 Å². The standard InChI is InChI=1S/C28H26N6O2/c1-3-22(35)32-20-10-7-16(8-11-20)25-23-21-12-9-17(28(36)33-19-5-4-6-19)13-18(21)14-29-26-24(23)27(34(25)2)31-15-30-26/h3,7-13,15,19H,1,4-6,14H2,2H3,(H,32,35)(H,33,36)(H,29,30,31). The first-order valence-electron chi connectivity index (χ1n) is 12.1. The van der Waals surface area contributed by atoms with Crippen molar-refractivity contribution in [1.29, 1.82) is 0 Å². The van der Waals surface area contributed by atoms with E-state index in [4.69, 9.17) is 0 Å². The molecule has 3 N–H and O–H groups in total. The number of carbonyl (C=O) groups excluding carboxylic acids is 2. The van der Waals surface area contributed by atoms with E-state index in [-0.39, 0.29) is 17.9 Å². The monoisotopic (exact) mass is 478 g/mol. The number of nitrogens with zero attached hydrogens (tertiary/aromatic N) is 3. The van der Waals surface area contributed by atoms with Gasteiger partial charge in [0.15, 0.2) is 0 Å².